The number of likely N-dealkylation sites (tertiary alicyclic amines) is 1. The molecule has 2 aromatic carbocycles. The summed E-state index contributed by atoms with van der Waals surface area (Å²) in [6.07, 6.45) is 1.53. The number of aromatic nitrogens is 2. The van der Waals surface area contributed by atoms with Crippen LogP contribution in [0.25, 0.3) is 11.5 Å². The highest BCUT2D eigenvalue weighted by Gasteiger charge is 2.29. The summed E-state index contributed by atoms with van der Waals surface area (Å²) in [7, 11) is 4.61. The third-order valence-electron chi connectivity index (χ3n) is 5.80. The summed E-state index contributed by atoms with van der Waals surface area (Å²) >= 11 is 0. The smallest absolute Gasteiger partial charge is 0.257 e. The van der Waals surface area contributed by atoms with Crippen LogP contribution in [0.2, 0.25) is 0 Å². The van der Waals surface area contributed by atoms with E-state index in [1.165, 1.54) is 26.9 Å². The van der Waals surface area contributed by atoms with E-state index < -0.39 is 0 Å². The molecule has 1 aliphatic heterocycles. The lowest BCUT2D eigenvalue weighted by atomic mass is 9.95. The highest BCUT2D eigenvalue weighted by molar-refractivity contribution is 5.95. The molecule has 2 heterocycles. The zero-order chi connectivity index (χ0) is 22.7. The Balaban J connectivity index is 1.44. The fourth-order valence-corrected chi connectivity index (χ4v) is 3.94. The van der Waals surface area contributed by atoms with Crippen LogP contribution in [0, 0.1) is 6.92 Å². The molecule has 0 saturated carbocycles. The summed E-state index contributed by atoms with van der Waals surface area (Å²) in [6.45, 7) is 3.25. The van der Waals surface area contributed by atoms with Gasteiger partial charge in [0, 0.05) is 30.1 Å². The fraction of sp³-hybridized carbons (Fsp3) is 0.375. The number of rotatable bonds is 6. The normalized spacial score (nSPS) is 14.3. The molecule has 0 bridgehead atoms. The van der Waals surface area contributed by atoms with Crippen LogP contribution in [0.4, 0.5) is 0 Å². The lowest BCUT2D eigenvalue weighted by Crippen LogP contribution is -2.38. The van der Waals surface area contributed by atoms with Gasteiger partial charge in [0.1, 0.15) is 0 Å². The number of piperidine rings is 1. The topological polar surface area (TPSA) is 86.9 Å². The second kappa shape index (κ2) is 9.30. The first-order chi connectivity index (χ1) is 15.5. The van der Waals surface area contributed by atoms with Crippen molar-refractivity contribution in [3.8, 4) is 28.7 Å². The predicted molar refractivity (Wildman–Crippen MR) is 118 cm³/mol. The SMILES string of the molecule is COc1cc(C(=O)N2CCC(c3noc(-c4ccc(C)cc4)n3)CC2)cc(OC)c1OC. The number of hydrogen-bond donors (Lipinski definition) is 0. The van der Waals surface area contributed by atoms with E-state index in [0.717, 1.165) is 18.4 Å². The van der Waals surface area contributed by atoms with Crippen LogP contribution < -0.4 is 14.2 Å². The van der Waals surface area contributed by atoms with Crippen LogP contribution in [0.5, 0.6) is 17.2 Å². The minimum atomic E-state index is -0.0730. The molecule has 0 spiro atoms. The van der Waals surface area contributed by atoms with Crippen LogP contribution in [-0.2, 0) is 0 Å². The number of carbonyl (C=O) groups excluding carboxylic acids is 1. The minimum absolute atomic E-state index is 0.0730. The van der Waals surface area contributed by atoms with Crippen molar-refractivity contribution in [2.24, 2.45) is 0 Å². The number of hydrogen-bond acceptors (Lipinski definition) is 7. The molecule has 168 valence electrons. The van der Waals surface area contributed by atoms with Crippen molar-refractivity contribution >= 4 is 5.91 Å². The van der Waals surface area contributed by atoms with Crippen molar-refractivity contribution in [1.82, 2.24) is 15.0 Å². The molecular formula is C24H27N3O5. The van der Waals surface area contributed by atoms with Gasteiger partial charge in [-0.25, -0.2) is 0 Å². The Hall–Kier alpha value is -3.55. The van der Waals surface area contributed by atoms with Gasteiger partial charge >= 0.3 is 0 Å². The van der Waals surface area contributed by atoms with Crippen LogP contribution in [0.1, 0.15) is 40.5 Å². The highest BCUT2D eigenvalue weighted by Crippen LogP contribution is 2.39. The average molecular weight is 437 g/mol. The molecule has 1 aliphatic rings. The molecule has 1 fully saturated rings. The molecule has 8 nitrogen and oxygen atoms in total. The Labute approximate surface area is 187 Å². The van der Waals surface area contributed by atoms with Crippen LogP contribution in [0.15, 0.2) is 40.9 Å². The number of nitrogens with zero attached hydrogens (tertiary/aromatic N) is 3. The number of amides is 1. The average Bonchev–Trinajstić information content (AvgIpc) is 3.33. The second-order valence-corrected chi connectivity index (χ2v) is 7.80. The quantitative estimate of drug-likeness (QED) is 0.574. The molecule has 0 unspecified atom stereocenters. The molecule has 1 amide bonds. The first-order valence-electron chi connectivity index (χ1n) is 10.5. The van der Waals surface area contributed by atoms with Gasteiger partial charge < -0.3 is 23.6 Å². The summed E-state index contributed by atoms with van der Waals surface area (Å²) < 4.78 is 21.6. The number of aryl methyl sites for hydroxylation is 1. The minimum Gasteiger partial charge on any atom is -0.493 e. The Morgan fingerprint density at radius 3 is 2.19 bits per heavy atom. The summed E-state index contributed by atoms with van der Waals surface area (Å²) in [5, 5.41) is 4.19. The van der Waals surface area contributed by atoms with Crippen LogP contribution >= 0.6 is 0 Å². The van der Waals surface area contributed by atoms with Crippen molar-refractivity contribution in [2.75, 3.05) is 34.4 Å². The lowest BCUT2D eigenvalue weighted by Gasteiger charge is -2.31. The summed E-state index contributed by atoms with van der Waals surface area (Å²) in [5.74, 6) is 2.68. The predicted octanol–water partition coefficient (Wildman–Crippen LogP) is 4.09. The van der Waals surface area contributed by atoms with Crippen LogP contribution in [0.3, 0.4) is 0 Å². The highest BCUT2D eigenvalue weighted by atomic mass is 16.5. The maximum absolute atomic E-state index is 13.1. The zero-order valence-electron chi connectivity index (χ0n) is 18.8. The fourth-order valence-electron chi connectivity index (χ4n) is 3.94. The Bertz CT molecular complexity index is 1060. The maximum atomic E-state index is 13.1. The van der Waals surface area contributed by atoms with E-state index in [4.69, 9.17) is 18.7 Å². The number of ether oxygens (including phenoxy) is 3. The maximum Gasteiger partial charge on any atom is 0.257 e. The number of methoxy groups -OCH3 is 3. The van der Waals surface area contributed by atoms with Gasteiger partial charge in [-0.2, -0.15) is 4.98 Å². The van der Waals surface area contributed by atoms with Gasteiger partial charge in [-0.3, -0.25) is 4.79 Å². The molecule has 0 radical (unpaired) electrons. The summed E-state index contributed by atoms with van der Waals surface area (Å²) in [4.78, 5) is 19.5. The van der Waals surface area contributed by atoms with Gasteiger partial charge in [0.05, 0.1) is 21.3 Å². The summed E-state index contributed by atoms with van der Waals surface area (Å²) in [6, 6.07) is 11.4. The molecular weight excluding hydrogens is 410 g/mol. The van der Waals surface area contributed by atoms with E-state index in [9.17, 15) is 4.79 Å². The largest absolute Gasteiger partial charge is 0.493 e. The molecule has 3 aromatic rings. The molecule has 8 heteroatoms. The van der Waals surface area contributed by atoms with E-state index >= 15 is 0 Å². The van der Waals surface area contributed by atoms with E-state index in [2.05, 4.69) is 10.1 Å². The monoisotopic (exact) mass is 437 g/mol. The van der Waals surface area contributed by atoms with Crippen molar-refractivity contribution in [3.05, 3.63) is 53.3 Å². The van der Waals surface area contributed by atoms with Crippen molar-refractivity contribution < 1.29 is 23.5 Å². The van der Waals surface area contributed by atoms with Gasteiger partial charge in [-0.05, 0) is 44.0 Å². The number of carbonyl (C=O) groups is 1. The molecule has 0 atom stereocenters. The second-order valence-electron chi connectivity index (χ2n) is 7.80. The van der Waals surface area contributed by atoms with Crippen LogP contribution in [-0.4, -0.2) is 55.4 Å². The van der Waals surface area contributed by atoms with Gasteiger partial charge in [0.25, 0.3) is 11.8 Å². The van der Waals surface area contributed by atoms with Crippen molar-refractivity contribution in [3.63, 3.8) is 0 Å². The van der Waals surface area contributed by atoms with Crippen molar-refractivity contribution in [1.29, 1.82) is 0 Å². The first-order valence-corrected chi connectivity index (χ1v) is 10.5. The Morgan fingerprint density at radius 2 is 1.62 bits per heavy atom. The third-order valence-corrected chi connectivity index (χ3v) is 5.80. The van der Waals surface area contributed by atoms with Gasteiger partial charge in [0.2, 0.25) is 5.75 Å². The van der Waals surface area contributed by atoms with Crippen molar-refractivity contribution in [2.45, 2.75) is 25.7 Å². The van der Waals surface area contributed by atoms with E-state index in [-0.39, 0.29) is 11.8 Å². The molecule has 0 aliphatic carbocycles. The van der Waals surface area contributed by atoms with Gasteiger partial charge in [-0.15, -0.1) is 0 Å². The zero-order valence-corrected chi connectivity index (χ0v) is 18.8. The molecule has 1 saturated heterocycles. The molecule has 0 N–H and O–H groups in total. The Kier molecular flexibility index (Phi) is 6.30. The van der Waals surface area contributed by atoms with Gasteiger partial charge in [0.15, 0.2) is 17.3 Å². The lowest BCUT2D eigenvalue weighted by molar-refractivity contribution is 0.0709. The molecule has 4 rings (SSSR count). The van der Waals surface area contributed by atoms with E-state index in [1.807, 2.05) is 36.1 Å². The number of benzene rings is 2. The van der Waals surface area contributed by atoms with Gasteiger partial charge in [-0.1, -0.05) is 22.9 Å². The van der Waals surface area contributed by atoms with E-state index in [1.54, 1.807) is 12.1 Å². The summed E-state index contributed by atoms with van der Waals surface area (Å²) in [5.41, 5.74) is 2.58. The first kappa shape index (κ1) is 21.7. The third kappa shape index (κ3) is 4.26. The standard InChI is InChI=1S/C24H27N3O5/c1-15-5-7-17(8-6-15)23-25-22(26-32-23)16-9-11-27(12-10-16)24(28)18-13-19(29-2)21(31-4)20(14-18)30-3/h5-8,13-14,16H,9-12H2,1-4H3. The molecule has 32 heavy (non-hydrogen) atoms. The van der Waals surface area contributed by atoms with E-state index in [0.29, 0.717) is 47.6 Å². The Morgan fingerprint density at radius 1 is 1.00 bits per heavy atom. The molecule has 1 aromatic heterocycles.